The molecule has 2 aromatic carbocycles. The molecule has 0 spiro atoms. The Morgan fingerprint density at radius 3 is 2.08 bits per heavy atom. The van der Waals surface area contributed by atoms with Crippen LogP contribution in [-0.2, 0) is 21.4 Å². The fraction of sp³-hybridized carbons (Fsp3) is 0.316. The number of benzene rings is 2. The number of hydrogen-bond acceptors (Lipinski definition) is 3. The first-order chi connectivity index (χ1) is 12.1. The van der Waals surface area contributed by atoms with Crippen LogP contribution in [0.15, 0.2) is 65.6 Å². The topological polar surface area (TPSA) is 57.7 Å². The molecule has 0 saturated carbocycles. The van der Waals surface area contributed by atoms with Gasteiger partial charge in [-0.15, -0.1) is 0 Å². The van der Waals surface area contributed by atoms with Crippen LogP contribution < -0.4 is 0 Å². The first-order valence-electron chi connectivity index (χ1n) is 8.44. The molecule has 25 heavy (non-hydrogen) atoms. The molecule has 1 fully saturated rings. The summed E-state index contributed by atoms with van der Waals surface area (Å²) in [6, 6.07) is 17.6. The Hall–Kier alpha value is -2.18. The van der Waals surface area contributed by atoms with Crippen LogP contribution in [0.2, 0.25) is 0 Å². The fourth-order valence-electron chi connectivity index (χ4n) is 2.97. The van der Waals surface area contributed by atoms with Crippen molar-refractivity contribution in [3.05, 3.63) is 66.2 Å². The standard InChI is InChI=1S/C19H22N2O3S/c22-19(20-13-7-8-14-20)16-21(15-17-9-3-1-4-10-17)25(23,24)18-11-5-2-6-12-18/h1-6,9-12H,7-8,13-16H2. The van der Waals surface area contributed by atoms with E-state index in [1.54, 1.807) is 35.2 Å². The third kappa shape index (κ3) is 4.27. The average Bonchev–Trinajstić information content (AvgIpc) is 3.17. The summed E-state index contributed by atoms with van der Waals surface area (Å²) >= 11 is 0. The van der Waals surface area contributed by atoms with Crippen molar-refractivity contribution >= 4 is 15.9 Å². The largest absolute Gasteiger partial charge is 0.342 e. The van der Waals surface area contributed by atoms with E-state index in [0.29, 0.717) is 13.1 Å². The summed E-state index contributed by atoms with van der Waals surface area (Å²) in [6.07, 6.45) is 1.96. The molecule has 0 bridgehead atoms. The van der Waals surface area contributed by atoms with Gasteiger partial charge in [-0.25, -0.2) is 8.42 Å². The molecule has 0 unspecified atom stereocenters. The van der Waals surface area contributed by atoms with Crippen LogP contribution in [-0.4, -0.2) is 43.2 Å². The van der Waals surface area contributed by atoms with Crippen LogP contribution in [0.5, 0.6) is 0 Å². The smallest absolute Gasteiger partial charge is 0.243 e. The van der Waals surface area contributed by atoms with E-state index >= 15 is 0 Å². The Morgan fingerprint density at radius 1 is 0.920 bits per heavy atom. The Morgan fingerprint density at radius 2 is 1.48 bits per heavy atom. The van der Waals surface area contributed by atoms with E-state index in [1.807, 2.05) is 30.3 Å². The summed E-state index contributed by atoms with van der Waals surface area (Å²) in [6.45, 7) is 1.47. The lowest BCUT2D eigenvalue weighted by Crippen LogP contribution is -2.41. The van der Waals surface area contributed by atoms with Crippen molar-refractivity contribution in [3.8, 4) is 0 Å². The summed E-state index contributed by atoms with van der Waals surface area (Å²) in [5.41, 5.74) is 0.858. The second-order valence-electron chi connectivity index (χ2n) is 6.16. The van der Waals surface area contributed by atoms with Crippen LogP contribution in [0, 0.1) is 0 Å². The number of hydrogen-bond donors (Lipinski definition) is 0. The summed E-state index contributed by atoms with van der Waals surface area (Å²) in [5.74, 6) is -0.132. The van der Waals surface area contributed by atoms with Crippen molar-refractivity contribution in [1.29, 1.82) is 0 Å². The molecular weight excluding hydrogens is 336 g/mol. The van der Waals surface area contributed by atoms with E-state index in [0.717, 1.165) is 18.4 Å². The minimum Gasteiger partial charge on any atom is -0.342 e. The first kappa shape index (κ1) is 17.6. The lowest BCUT2D eigenvalue weighted by molar-refractivity contribution is -0.130. The molecule has 0 aliphatic carbocycles. The van der Waals surface area contributed by atoms with Gasteiger partial charge in [0.05, 0.1) is 11.4 Å². The number of carbonyl (C=O) groups is 1. The van der Waals surface area contributed by atoms with Gasteiger partial charge in [0.1, 0.15) is 0 Å². The second-order valence-corrected chi connectivity index (χ2v) is 8.10. The van der Waals surface area contributed by atoms with Gasteiger partial charge in [0.2, 0.25) is 15.9 Å². The second kappa shape index (κ2) is 7.80. The van der Waals surface area contributed by atoms with Crippen molar-refractivity contribution in [2.45, 2.75) is 24.3 Å². The van der Waals surface area contributed by atoms with Crippen LogP contribution in [0.3, 0.4) is 0 Å². The third-order valence-corrected chi connectivity index (χ3v) is 6.16. The summed E-state index contributed by atoms with van der Waals surface area (Å²) < 4.78 is 27.4. The van der Waals surface area contributed by atoms with Gasteiger partial charge in [-0.2, -0.15) is 4.31 Å². The summed E-state index contributed by atoms with van der Waals surface area (Å²) in [5, 5.41) is 0. The van der Waals surface area contributed by atoms with Crippen molar-refractivity contribution in [2.75, 3.05) is 19.6 Å². The van der Waals surface area contributed by atoms with Gasteiger partial charge in [-0.05, 0) is 30.5 Å². The lowest BCUT2D eigenvalue weighted by Gasteiger charge is -2.24. The molecule has 0 radical (unpaired) electrons. The number of nitrogens with zero attached hydrogens (tertiary/aromatic N) is 2. The van der Waals surface area contributed by atoms with Crippen LogP contribution >= 0.6 is 0 Å². The molecule has 1 aliphatic heterocycles. The number of sulfonamides is 1. The van der Waals surface area contributed by atoms with E-state index in [9.17, 15) is 13.2 Å². The molecule has 2 aromatic rings. The van der Waals surface area contributed by atoms with E-state index < -0.39 is 10.0 Å². The van der Waals surface area contributed by atoms with E-state index in [-0.39, 0.29) is 23.9 Å². The van der Waals surface area contributed by atoms with Gasteiger partial charge in [0.25, 0.3) is 0 Å². The monoisotopic (exact) mass is 358 g/mol. The Balaban J connectivity index is 1.87. The first-order valence-corrected chi connectivity index (χ1v) is 9.88. The average molecular weight is 358 g/mol. The molecule has 0 N–H and O–H groups in total. The maximum absolute atomic E-state index is 13.0. The highest BCUT2D eigenvalue weighted by Gasteiger charge is 2.29. The Labute approximate surface area is 148 Å². The zero-order chi connectivity index (χ0) is 17.7. The van der Waals surface area contributed by atoms with Crippen molar-refractivity contribution in [3.63, 3.8) is 0 Å². The Bertz CT molecular complexity index is 801. The Kier molecular flexibility index (Phi) is 5.50. The SMILES string of the molecule is O=C(CN(Cc1ccccc1)S(=O)(=O)c1ccccc1)N1CCCC1. The third-order valence-electron chi connectivity index (χ3n) is 4.35. The van der Waals surface area contributed by atoms with E-state index in [2.05, 4.69) is 0 Å². The molecule has 1 heterocycles. The predicted molar refractivity (Wildman–Crippen MR) is 96.3 cm³/mol. The molecule has 3 rings (SSSR count). The van der Waals surface area contributed by atoms with Gasteiger partial charge in [-0.3, -0.25) is 4.79 Å². The molecule has 0 aromatic heterocycles. The molecule has 1 amide bonds. The molecule has 1 saturated heterocycles. The van der Waals surface area contributed by atoms with Crippen LogP contribution in [0.4, 0.5) is 0 Å². The zero-order valence-corrected chi connectivity index (χ0v) is 14.9. The maximum atomic E-state index is 13.0. The predicted octanol–water partition coefficient (Wildman–Crippen LogP) is 2.50. The molecule has 132 valence electrons. The summed E-state index contributed by atoms with van der Waals surface area (Å²) in [7, 11) is -3.74. The van der Waals surface area contributed by atoms with Gasteiger partial charge in [0.15, 0.2) is 0 Å². The highest BCUT2D eigenvalue weighted by Crippen LogP contribution is 2.19. The number of amides is 1. The quantitative estimate of drug-likeness (QED) is 0.797. The van der Waals surface area contributed by atoms with Crippen LogP contribution in [0.1, 0.15) is 18.4 Å². The van der Waals surface area contributed by atoms with Gasteiger partial charge in [0, 0.05) is 19.6 Å². The van der Waals surface area contributed by atoms with Gasteiger partial charge < -0.3 is 4.90 Å². The normalized spacial score (nSPS) is 14.8. The minimum atomic E-state index is -3.74. The highest BCUT2D eigenvalue weighted by atomic mass is 32.2. The van der Waals surface area contributed by atoms with Gasteiger partial charge >= 0.3 is 0 Å². The van der Waals surface area contributed by atoms with Gasteiger partial charge in [-0.1, -0.05) is 48.5 Å². The van der Waals surface area contributed by atoms with Crippen molar-refractivity contribution < 1.29 is 13.2 Å². The summed E-state index contributed by atoms with van der Waals surface area (Å²) in [4.78, 5) is 14.5. The molecule has 0 atom stereocenters. The number of rotatable bonds is 6. The maximum Gasteiger partial charge on any atom is 0.243 e. The molecule has 6 heteroatoms. The fourth-order valence-corrected chi connectivity index (χ4v) is 4.37. The number of carbonyl (C=O) groups excluding carboxylic acids is 1. The highest BCUT2D eigenvalue weighted by molar-refractivity contribution is 7.89. The van der Waals surface area contributed by atoms with Crippen LogP contribution in [0.25, 0.3) is 0 Å². The lowest BCUT2D eigenvalue weighted by atomic mass is 10.2. The van der Waals surface area contributed by atoms with Crippen molar-refractivity contribution in [2.24, 2.45) is 0 Å². The van der Waals surface area contributed by atoms with Crippen molar-refractivity contribution in [1.82, 2.24) is 9.21 Å². The number of likely N-dealkylation sites (tertiary alicyclic amines) is 1. The molecule has 5 nitrogen and oxygen atoms in total. The van der Waals surface area contributed by atoms with E-state index in [4.69, 9.17) is 0 Å². The zero-order valence-electron chi connectivity index (χ0n) is 14.0. The van der Waals surface area contributed by atoms with E-state index in [1.165, 1.54) is 4.31 Å². The molecular formula is C19H22N2O3S. The minimum absolute atomic E-state index is 0.132. The molecule has 1 aliphatic rings.